The van der Waals surface area contributed by atoms with Crippen molar-refractivity contribution in [3.8, 4) is 21.1 Å². The van der Waals surface area contributed by atoms with Gasteiger partial charge in [0.05, 0.1) is 18.3 Å². The van der Waals surface area contributed by atoms with Crippen molar-refractivity contribution in [1.29, 1.82) is 0 Å². The van der Waals surface area contributed by atoms with Crippen molar-refractivity contribution in [3.05, 3.63) is 131 Å². The molecule has 0 saturated carbocycles. The highest BCUT2D eigenvalue weighted by Crippen LogP contribution is 2.33. The number of nitrogens with zero attached hydrogens (tertiary/aromatic N) is 8. The van der Waals surface area contributed by atoms with E-state index in [9.17, 15) is 28.0 Å². The van der Waals surface area contributed by atoms with Crippen molar-refractivity contribution >= 4 is 56.7 Å². The smallest absolute Gasteiger partial charge is 0.319 e. The average molecular weight is 933 g/mol. The number of carbonyl (C=O) groups is 4. The molecule has 2 saturated heterocycles. The molecule has 0 aliphatic carbocycles. The maximum absolute atomic E-state index is 14.5. The monoisotopic (exact) mass is 932 g/mol. The van der Waals surface area contributed by atoms with E-state index in [2.05, 4.69) is 37.1 Å². The molecule has 2 aliphatic rings. The molecule has 0 bridgehead atoms. The van der Waals surface area contributed by atoms with Gasteiger partial charge in [-0.2, -0.15) is 0 Å². The van der Waals surface area contributed by atoms with Crippen LogP contribution in [0.2, 0.25) is 0 Å². The molecule has 2 aliphatic heterocycles. The van der Waals surface area contributed by atoms with Crippen molar-refractivity contribution in [2.75, 3.05) is 49.1 Å². The van der Waals surface area contributed by atoms with E-state index in [0.717, 1.165) is 64.2 Å². The van der Waals surface area contributed by atoms with Crippen molar-refractivity contribution in [1.82, 2.24) is 30.2 Å². The van der Waals surface area contributed by atoms with Crippen LogP contribution in [0.1, 0.15) is 66.6 Å². The quantitative estimate of drug-likeness (QED) is 0.0571. The van der Waals surface area contributed by atoms with Gasteiger partial charge in [-0.05, 0) is 41.7 Å². The highest BCUT2D eigenvalue weighted by molar-refractivity contribution is 7.19. The van der Waals surface area contributed by atoms with Crippen LogP contribution in [0.3, 0.4) is 0 Å². The lowest BCUT2D eigenvalue weighted by Gasteiger charge is -2.39. The fourth-order valence-corrected chi connectivity index (χ4v) is 9.58. The molecule has 0 radical (unpaired) electrons. The Kier molecular flexibility index (Phi) is 15.1. The predicted molar refractivity (Wildman–Crippen MR) is 250 cm³/mol. The Bertz CT molecular complexity index is 2610. The molecule has 66 heavy (non-hydrogen) atoms. The van der Waals surface area contributed by atoms with Crippen molar-refractivity contribution < 1.29 is 32.7 Å². The van der Waals surface area contributed by atoms with Crippen LogP contribution in [0.4, 0.5) is 19.0 Å². The zero-order valence-corrected chi connectivity index (χ0v) is 38.4. The Balaban J connectivity index is 0.759. The first-order valence-corrected chi connectivity index (χ1v) is 23.9. The molecule has 0 spiro atoms. The summed E-state index contributed by atoms with van der Waals surface area (Å²) in [5.41, 5.74) is 4.11. The zero-order chi connectivity index (χ0) is 46.2. The van der Waals surface area contributed by atoms with Crippen LogP contribution in [0.15, 0.2) is 97.1 Å². The lowest BCUT2D eigenvalue weighted by atomic mass is 9.97. The van der Waals surface area contributed by atoms with Gasteiger partial charge in [-0.1, -0.05) is 134 Å². The first-order valence-electron chi connectivity index (χ1n) is 22.2. The molecule has 2 aromatic heterocycles. The number of ether oxygens (including phenoxy) is 1. The van der Waals surface area contributed by atoms with E-state index in [1.165, 1.54) is 33.6 Å². The number of unbranched alkanes of at least 4 members (excludes halogenated alkanes) is 2. The first-order chi connectivity index (χ1) is 32.1. The maximum Gasteiger partial charge on any atom is 0.319 e. The largest absolute Gasteiger partial charge is 0.393 e. The topological polar surface area (TPSA) is 142 Å². The van der Waals surface area contributed by atoms with E-state index in [-0.39, 0.29) is 29.4 Å². The molecule has 342 valence electrons. The minimum absolute atomic E-state index is 0.00225. The number of esters is 2. The van der Waals surface area contributed by atoms with Gasteiger partial charge in [0.2, 0.25) is 16.2 Å². The summed E-state index contributed by atoms with van der Waals surface area (Å²) >= 11 is 2.57. The maximum atomic E-state index is 14.5. The number of aromatic nitrogens is 4. The van der Waals surface area contributed by atoms with Gasteiger partial charge >= 0.3 is 11.9 Å². The molecular weight excluding hydrogens is 883 g/mol. The number of halogens is 2. The van der Waals surface area contributed by atoms with E-state index in [4.69, 9.17) is 4.74 Å². The molecule has 8 rings (SSSR count). The Morgan fingerprint density at radius 2 is 1.08 bits per heavy atom. The Labute approximate surface area is 390 Å². The fraction of sp³-hybridized carbons (Fsp3) is 0.347. The van der Waals surface area contributed by atoms with Crippen LogP contribution in [0, 0.1) is 23.5 Å². The highest BCUT2D eigenvalue weighted by Gasteiger charge is 2.39. The number of rotatable bonds is 19. The van der Waals surface area contributed by atoms with Gasteiger partial charge in [-0.15, -0.1) is 20.4 Å². The van der Waals surface area contributed by atoms with Gasteiger partial charge in [-0.3, -0.25) is 38.8 Å². The predicted octanol–water partition coefficient (Wildman–Crippen LogP) is 8.46. The minimum atomic E-state index is -0.930. The molecule has 0 atom stereocenters. The molecule has 0 unspecified atom stereocenters. The van der Waals surface area contributed by atoms with Crippen molar-refractivity contribution in [2.24, 2.45) is 11.8 Å². The molecule has 6 aromatic rings. The second kappa shape index (κ2) is 21.4. The van der Waals surface area contributed by atoms with E-state index >= 15 is 0 Å². The van der Waals surface area contributed by atoms with Crippen LogP contribution in [0.5, 0.6) is 0 Å². The normalized spacial score (nSPS) is 14.4. The van der Waals surface area contributed by atoms with Gasteiger partial charge in [0.25, 0.3) is 5.91 Å². The number of hydrogen-bond donors (Lipinski definition) is 0. The van der Waals surface area contributed by atoms with Crippen LogP contribution in [0.25, 0.3) is 21.1 Å². The molecule has 17 heteroatoms. The molecule has 2 amide bonds. The minimum Gasteiger partial charge on any atom is -0.393 e. The number of hydrogen-bond acceptors (Lipinski definition) is 13. The summed E-state index contributed by atoms with van der Waals surface area (Å²) in [5, 5.41) is 19.4. The summed E-state index contributed by atoms with van der Waals surface area (Å²) in [5.74, 6) is -4.38. The Hall–Kier alpha value is -6.14. The molecule has 4 aromatic carbocycles. The van der Waals surface area contributed by atoms with E-state index in [0.29, 0.717) is 68.8 Å². The van der Waals surface area contributed by atoms with Gasteiger partial charge in [0.1, 0.15) is 27.2 Å². The Morgan fingerprint density at radius 1 is 0.606 bits per heavy atom. The lowest BCUT2D eigenvalue weighted by molar-refractivity contribution is -0.172. The van der Waals surface area contributed by atoms with Crippen molar-refractivity contribution in [2.45, 2.75) is 59.0 Å². The van der Waals surface area contributed by atoms with Crippen LogP contribution in [-0.4, -0.2) is 93.2 Å². The molecule has 4 heterocycles. The van der Waals surface area contributed by atoms with Gasteiger partial charge in [-0.25, -0.2) is 8.78 Å². The van der Waals surface area contributed by atoms with Crippen LogP contribution in [-0.2, 0) is 38.6 Å². The second-order valence-corrected chi connectivity index (χ2v) is 18.6. The van der Waals surface area contributed by atoms with E-state index < -0.39 is 35.0 Å². The third-order valence-electron chi connectivity index (χ3n) is 11.7. The standard InChI is InChI=1S/C49H50F2N8O5S2/c1-3-5-23-58(41(60)25-32-11-8-7-9-12-32)48-54-52-43(65-48)35-19-15-33(16-20-35)26-56-28-37(29-56)46(62)64-47(63)38-30-57(31-38)27-34-17-21-36(22-18-34)44-53-55-49(66-44)59(24-6-4-2)45(61)42-39(50)13-10-14-40(42)51/h7-22,37-38H,3-6,23-31H2,1-2H3. The van der Waals surface area contributed by atoms with E-state index in [1.54, 1.807) is 4.90 Å². The average Bonchev–Trinajstić information content (AvgIpc) is 3.98. The van der Waals surface area contributed by atoms with Gasteiger partial charge in [0, 0.05) is 63.5 Å². The summed E-state index contributed by atoms with van der Waals surface area (Å²) in [6, 6.07) is 28.8. The van der Waals surface area contributed by atoms with Gasteiger partial charge in [0.15, 0.2) is 0 Å². The number of benzene rings is 4. The van der Waals surface area contributed by atoms with E-state index in [1.807, 2.05) is 85.8 Å². The summed E-state index contributed by atoms with van der Waals surface area (Å²) in [4.78, 5) is 59.6. The molecule has 2 fully saturated rings. The summed E-state index contributed by atoms with van der Waals surface area (Å²) < 4.78 is 34.3. The fourth-order valence-electron chi connectivity index (χ4n) is 7.81. The van der Waals surface area contributed by atoms with Gasteiger partial charge < -0.3 is 4.74 Å². The zero-order valence-electron chi connectivity index (χ0n) is 36.8. The van der Waals surface area contributed by atoms with Crippen molar-refractivity contribution in [3.63, 3.8) is 0 Å². The summed E-state index contributed by atoms with van der Waals surface area (Å²) in [7, 11) is 0. The summed E-state index contributed by atoms with van der Waals surface area (Å²) in [6.07, 6.45) is 3.51. The third kappa shape index (κ3) is 11.1. The lowest BCUT2D eigenvalue weighted by Crippen LogP contribution is -2.53. The summed E-state index contributed by atoms with van der Waals surface area (Å²) in [6.45, 7) is 8.10. The Morgan fingerprint density at radius 3 is 1.56 bits per heavy atom. The number of anilines is 2. The second-order valence-electron chi connectivity index (χ2n) is 16.7. The number of likely N-dealkylation sites (tertiary alicyclic amines) is 2. The first kappa shape index (κ1) is 46.4. The number of amides is 2. The molecule has 0 N–H and O–H groups in total. The van der Waals surface area contributed by atoms with Crippen LogP contribution >= 0.6 is 22.7 Å². The molecule has 13 nitrogen and oxygen atoms in total. The highest BCUT2D eigenvalue weighted by atomic mass is 32.1. The molecular formula is C49H50F2N8O5S2. The number of carbonyl (C=O) groups excluding carboxylic acids is 4. The van der Waals surface area contributed by atoms with Crippen LogP contribution < -0.4 is 9.80 Å². The third-order valence-corrected chi connectivity index (χ3v) is 13.7. The SMILES string of the molecule is CCCCN(C(=O)Cc1ccccc1)c1nnc(-c2ccc(CN3CC(C(=O)OC(=O)C4CN(Cc5ccc(-c6nnc(N(CCCC)C(=O)c7c(F)cccc7F)s6)cc5)C4)C3)cc2)s1.